The molecule has 2 aliphatic rings. The molecule has 0 radical (unpaired) electrons. The molecule has 2 aliphatic heterocycles. The second-order valence-electron chi connectivity index (χ2n) is 8.13. The molecule has 0 atom stereocenters. The highest BCUT2D eigenvalue weighted by molar-refractivity contribution is 14.0. The number of aromatic nitrogens is 2. The number of guanidine groups is 1. The van der Waals surface area contributed by atoms with E-state index in [9.17, 15) is 0 Å². The van der Waals surface area contributed by atoms with Gasteiger partial charge in [0.25, 0.3) is 0 Å². The first kappa shape index (κ1) is 23.7. The Hall–Kier alpha value is -1.94. The maximum Gasteiger partial charge on any atom is 0.225 e. The summed E-state index contributed by atoms with van der Waals surface area (Å²) in [5, 5.41) is 3.70. The van der Waals surface area contributed by atoms with Crippen LogP contribution in [-0.4, -0.2) is 73.8 Å². The molecule has 7 nitrogen and oxygen atoms in total. The van der Waals surface area contributed by atoms with Gasteiger partial charge >= 0.3 is 0 Å². The van der Waals surface area contributed by atoms with Gasteiger partial charge < -0.3 is 19.9 Å². The van der Waals surface area contributed by atoms with Gasteiger partial charge in [-0.3, -0.25) is 4.99 Å². The van der Waals surface area contributed by atoms with Gasteiger partial charge in [-0.2, -0.15) is 0 Å². The minimum absolute atomic E-state index is 0. The summed E-state index contributed by atoms with van der Waals surface area (Å²) in [4.78, 5) is 17.9. The Balaban J connectivity index is 0.00000272. The molecule has 4 rings (SSSR count). The van der Waals surface area contributed by atoms with Crippen molar-refractivity contribution in [2.75, 3.05) is 57.9 Å². The summed E-state index contributed by atoms with van der Waals surface area (Å²) >= 11 is 0. The zero-order chi connectivity index (χ0) is 20.8. The van der Waals surface area contributed by atoms with Crippen LogP contribution in [0, 0.1) is 6.92 Å². The number of halogens is 1. The van der Waals surface area contributed by atoms with Gasteiger partial charge in [0.15, 0.2) is 5.96 Å². The lowest BCUT2D eigenvalue weighted by atomic mass is 9.72. The largest absolute Gasteiger partial charge is 0.381 e. The second kappa shape index (κ2) is 11.1. The van der Waals surface area contributed by atoms with E-state index < -0.39 is 0 Å². The zero-order valence-electron chi connectivity index (χ0n) is 18.5. The van der Waals surface area contributed by atoms with Crippen LogP contribution < -0.4 is 10.2 Å². The molecule has 2 saturated heterocycles. The molecule has 0 bridgehead atoms. The number of hydrogen-bond acceptors (Lipinski definition) is 5. The topological polar surface area (TPSA) is 65.9 Å². The van der Waals surface area contributed by atoms with Gasteiger partial charge in [0.2, 0.25) is 5.95 Å². The Bertz CT molecular complexity index is 848. The Labute approximate surface area is 202 Å². The third-order valence-corrected chi connectivity index (χ3v) is 6.38. The van der Waals surface area contributed by atoms with Gasteiger partial charge in [-0.25, -0.2) is 9.97 Å². The Kier molecular flexibility index (Phi) is 8.48. The van der Waals surface area contributed by atoms with Crippen LogP contribution in [0.25, 0.3) is 0 Å². The minimum atomic E-state index is 0. The van der Waals surface area contributed by atoms with Gasteiger partial charge in [-0.05, 0) is 37.0 Å². The number of piperazine rings is 1. The molecule has 1 aromatic heterocycles. The fourth-order valence-electron chi connectivity index (χ4n) is 4.62. The molecule has 31 heavy (non-hydrogen) atoms. The number of nitrogens with one attached hydrogen (secondary N) is 1. The number of ether oxygens (including phenoxy) is 1. The van der Waals surface area contributed by atoms with Crippen molar-refractivity contribution in [3.05, 3.63) is 53.9 Å². The van der Waals surface area contributed by atoms with Crippen LogP contribution in [0.4, 0.5) is 5.95 Å². The lowest BCUT2D eigenvalue weighted by Crippen LogP contribution is -2.55. The maximum absolute atomic E-state index is 5.70. The quantitative estimate of drug-likeness (QED) is 0.369. The van der Waals surface area contributed by atoms with Gasteiger partial charge in [-0.15, -0.1) is 24.0 Å². The standard InChI is InChI=1S/C23H32N6O.HI/c1-19-6-3-4-7-20(19)23(8-16-30-17-9-23)18-27-21(24-2)28-12-14-29(15-13-28)22-25-10-5-11-26-22;/h3-7,10-11H,8-9,12-18H2,1-2H3,(H,24,27);1H. The number of rotatable bonds is 4. The number of aliphatic imine (C=N–C) groups is 1. The van der Waals surface area contributed by atoms with Gasteiger partial charge in [0, 0.05) is 70.8 Å². The van der Waals surface area contributed by atoms with E-state index in [-0.39, 0.29) is 29.4 Å². The summed E-state index contributed by atoms with van der Waals surface area (Å²) in [5.74, 6) is 1.78. The number of nitrogens with zero attached hydrogens (tertiary/aromatic N) is 5. The summed E-state index contributed by atoms with van der Waals surface area (Å²) in [7, 11) is 1.87. The molecule has 0 spiro atoms. The molecule has 0 aliphatic carbocycles. The number of hydrogen-bond donors (Lipinski definition) is 1. The molecule has 0 amide bonds. The molecular formula is C23H33IN6O. The van der Waals surface area contributed by atoms with E-state index in [2.05, 4.69) is 61.3 Å². The fourth-order valence-corrected chi connectivity index (χ4v) is 4.62. The van der Waals surface area contributed by atoms with Crippen LogP contribution in [0.15, 0.2) is 47.7 Å². The van der Waals surface area contributed by atoms with Crippen LogP contribution in [0.1, 0.15) is 24.0 Å². The molecule has 8 heteroatoms. The highest BCUT2D eigenvalue weighted by Gasteiger charge is 2.36. The molecule has 0 unspecified atom stereocenters. The van der Waals surface area contributed by atoms with E-state index in [1.807, 2.05) is 13.1 Å². The lowest BCUT2D eigenvalue weighted by molar-refractivity contribution is 0.0509. The van der Waals surface area contributed by atoms with E-state index >= 15 is 0 Å². The number of aryl methyl sites for hydroxylation is 1. The van der Waals surface area contributed by atoms with Gasteiger partial charge in [0.05, 0.1) is 0 Å². The summed E-state index contributed by atoms with van der Waals surface area (Å²) in [6, 6.07) is 10.6. The van der Waals surface area contributed by atoms with Crippen molar-refractivity contribution in [2.24, 2.45) is 4.99 Å². The average molecular weight is 536 g/mol. The molecule has 0 saturated carbocycles. The van der Waals surface area contributed by atoms with Crippen LogP contribution >= 0.6 is 24.0 Å². The molecule has 3 heterocycles. The third-order valence-electron chi connectivity index (χ3n) is 6.38. The average Bonchev–Trinajstić information content (AvgIpc) is 2.81. The predicted octanol–water partition coefficient (Wildman–Crippen LogP) is 2.85. The van der Waals surface area contributed by atoms with Crippen LogP contribution in [-0.2, 0) is 10.2 Å². The Morgan fingerprint density at radius 3 is 2.39 bits per heavy atom. The van der Waals surface area contributed by atoms with Crippen molar-refractivity contribution in [2.45, 2.75) is 25.2 Å². The van der Waals surface area contributed by atoms with E-state index in [4.69, 9.17) is 4.74 Å². The monoisotopic (exact) mass is 536 g/mol. The van der Waals surface area contributed by atoms with Crippen molar-refractivity contribution >= 4 is 35.9 Å². The van der Waals surface area contributed by atoms with E-state index in [0.29, 0.717) is 0 Å². The van der Waals surface area contributed by atoms with Crippen LogP contribution in [0.3, 0.4) is 0 Å². The highest BCUT2D eigenvalue weighted by atomic mass is 127. The Morgan fingerprint density at radius 2 is 1.74 bits per heavy atom. The van der Waals surface area contributed by atoms with Crippen molar-refractivity contribution in [1.29, 1.82) is 0 Å². The van der Waals surface area contributed by atoms with Gasteiger partial charge in [0.1, 0.15) is 0 Å². The molecule has 1 N–H and O–H groups in total. The molecule has 2 aromatic rings. The summed E-state index contributed by atoms with van der Waals surface area (Å²) in [6.45, 7) is 8.29. The smallest absolute Gasteiger partial charge is 0.225 e. The van der Waals surface area contributed by atoms with Crippen molar-refractivity contribution in [1.82, 2.24) is 20.2 Å². The first-order valence-electron chi connectivity index (χ1n) is 10.8. The van der Waals surface area contributed by atoms with E-state index in [1.165, 1.54) is 11.1 Å². The van der Waals surface area contributed by atoms with Crippen molar-refractivity contribution in [3.8, 4) is 0 Å². The van der Waals surface area contributed by atoms with Gasteiger partial charge in [-0.1, -0.05) is 24.3 Å². The van der Waals surface area contributed by atoms with Crippen LogP contribution in [0.5, 0.6) is 0 Å². The lowest BCUT2D eigenvalue weighted by Gasteiger charge is -2.41. The first-order chi connectivity index (χ1) is 14.7. The van der Waals surface area contributed by atoms with E-state index in [0.717, 1.165) is 70.7 Å². The molecule has 2 fully saturated rings. The first-order valence-corrected chi connectivity index (χ1v) is 10.8. The normalized spacial score (nSPS) is 19.0. The second-order valence-corrected chi connectivity index (χ2v) is 8.13. The molecule has 168 valence electrons. The molecular weight excluding hydrogens is 503 g/mol. The summed E-state index contributed by atoms with van der Waals surface area (Å²) in [5.41, 5.74) is 2.87. The van der Waals surface area contributed by atoms with Crippen molar-refractivity contribution < 1.29 is 4.74 Å². The SMILES string of the molecule is CN=C(NCC1(c2ccccc2C)CCOCC1)N1CCN(c2ncccn2)CC1.I. The fraction of sp³-hybridized carbons (Fsp3) is 0.522. The number of anilines is 1. The number of benzene rings is 1. The summed E-state index contributed by atoms with van der Waals surface area (Å²) < 4.78 is 5.70. The summed E-state index contributed by atoms with van der Waals surface area (Å²) in [6.07, 6.45) is 5.66. The minimum Gasteiger partial charge on any atom is -0.381 e. The zero-order valence-corrected chi connectivity index (χ0v) is 20.8. The van der Waals surface area contributed by atoms with E-state index in [1.54, 1.807) is 12.4 Å². The van der Waals surface area contributed by atoms with Crippen LogP contribution in [0.2, 0.25) is 0 Å². The Morgan fingerprint density at radius 1 is 1.06 bits per heavy atom. The highest BCUT2D eigenvalue weighted by Crippen LogP contribution is 2.36. The predicted molar refractivity (Wildman–Crippen MR) is 136 cm³/mol. The van der Waals surface area contributed by atoms with Crippen molar-refractivity contribution in [3.63, 3.8) is 0 Å². The third kappa shape index (κ3) is 5.46. The molecule has 1 aromatic carbocycles. The maximum atomic E-state index is 5.70.